The fourth-order valence-corrected chi connectivity index (χ4v) is 2.58. The highest BCUT2D eigenvalue weighted by atomic mass is 35.5. The summed E-state index contributed by atoms with van der Waals surface area (Å²) >= 11 is 5.67. The largest absolute Gasteiger partial charge is 0.442 e. The zero-order chi connectivity index (χ0) is 12.5. The molecule has 0 spiro atoms. The molecule has 6 heteroatoms. The Kier molecular flexibility index (Phi) is 3.04. The Bertz CT molecular complexity index is 640. The minimum absolute atomic E-state index is 0.0301. The van der Waals surface area contributed by atoms with Crippen LogP contribution in [0.3, 0.4) is 0 Å². The Morgan fingerprint density at radius 2 is 1.71 bits per heavy atom. The van der Waals surface area contributed by atoms with Gasteiger partial charge in [-0.15, -0.1) is 0 Å². The smallest absolute Gasteiger partial charge is 0.239 e. The number of rotatable bonds is 3. The molecule has 1 aromatic heterocycles. The highest BCUT2D eigenvalue weighted by molar-refractivity contribution is 7.91. The summed E-state index contributed by atoms with van der Waals surface area (Å²) in [4.78, 5) is 10.5. The number of halogens is 1. The second-order valence-electron chi connectivity index (χ2n) is 3.23. The Labute approximate surface area is 103 Å². The molecular formula is C11H7ClO4S. The minimum Gasteiger partial charge on any atom is -0.442 e. The molecule has 0 saturated carbocycles. The second kappa shape index (κ2) is 4.35. The van der Waals surface area contributed by atoms with Gasteiger partial charge in [0.25, 0.3) is 0 Å². The van der Waals surface area contributed by atoms with E-state index in [1.165, 1.54) is 36.4 Å². The quantitative estimate of drug-likeness (QED) is 0.804. The molecule has 0 aliphatic heterocycles. The van der Waals surface area contributed by atoms with Crippen molar-refractivity contribution in [2.75, 3.05) is 0 Å². The molecule has 0 atom stereocenters. The third kappa shape index (κ3) is 2.25. The maximum absolute atomic E-state index is 12.0. The summed E-state index contributed by atoms with van der Waals surface area (Å²) in [6.45, 7) is 0. The summed E-state index contributed by atoms with van der Waals surface area (Å²) in [6, 6.07) is 8.24. The number of hydrogen-bond acceptors (Lipinski definition) is 4. The summed E-state index contributed by atoms with van der Waals surface area (Å²) in [6.07, 6.45) is 0.445. The van der Waals surface area contributed by atoms with Crippen molar-refractivity contribution >= 4 is 27.7 Å². The van der Waals surface area contributed by atoms with E-state index in [0.29, 0.717) is 11.3 Å². The lowest BCUT2D eigenvalue weighted by atomic mass is 10.4. The van der Waals surface area contributed by atoms with Gasteiger partial charge in [-0.1, -0.05) is 11.6 Å². The molecule has 4 nitrogen and oxygen atoms in total. The molecule has 1 heterocycles. The highest BCUT2D eigenvalue weighted by Crippen LogP contribution is 2.23. The zero-order valence-electron chi connectivity index (χ0n) is 8.46. The van der Waals surface area contributed by atoms with Crippen molar-refractivity contribution < 1.29 is 17.6 Å². The van der Waals surface area contributed by atoms with Gasteiger partial charge in [0, 0.05) is 5.02 Å². The van der Waals surface area contributed by atoms with Gasteiger partial charge in [-0.25, -0.2) is 8.42 Å². The first-order valence-corrected chi connectivity index (χ1v) is 6.46. The van der Waals surface area contributed by atoms with Crippen LogP contribution in [0.1, 0.15) is 10.6 Å². The Hall–Kier alpha value is -1.59. The summed E-state index contributed by atoms with van der Waals surface area (Å²) < 4.78 is 28.9. The number of carbonyl (C=O) groups excluding carboxylic acids is 1. The molecule has 0 radical (unpaired) electrons. The van der Waals surface area contributed by atoms with Crippen molar-refractivity contribution in [2.24, 2.45) is 0 Å². The maximum atomic E-state index is 12.0. The molecule has 0 N–H and O–H groups in total. The molecule has 0 bridgehead atoms. The number of aldehydes is 1. The van der Waals surface area contributed by atoms with Gasteiger partial charge in [-0.3, -0.25) is 4.79 Å². The lowest BCUT2D eigenvalue weighted by Crippen LogP contribution is -2.00. The molecular weight excluding hydrogens is 264 g/mol. The molecule has 1 aromatic carbocycles. The fourth-order valence-electron chi connectivity index (χ4n) is 1.27. The summed E-state index contributed by atoms with van der Waals surface area (Å²) in [5.74, 6) is -0.0301. The molecule has 0 fully saturated rings. The number of furan rings is 1. The molecule has 2 aromatic rings. The first-order valence-electron chi connectivity index (χ1n) is 4.60. The molecule has 0 aliphatic carbocycles. The van der Waals surface area contributed by atoms with Crippen LogP contribution >= 0.6 is 11.6 Å². The van der Waals surface area contributed by atoms with E-state index in [1.54, 1.807) is 0 Å². The van der Waals surface area contributed by atoms with E-state index in [1.807, 2.05) is 0 Å². The van der Waals surface area contributed by atoms with Crippen LogP contribution in [-0.4, -0.2) is 14.7 Å². The highest BCUT2D eigenvalue weighted by Gasteiger charge is 2.21. The fraction of sp³-hybridized carbons (Fsp3) is 0. The molecule has 0 aliphatic rings. The van der Waals surface area contributed by atoms with Gasteiger partial charge in [-0.05, 0) is 36.4 Å². The van der Waals surface area contributed by atoms with Crippen molar-refractivity contribution in [3.05, 3.63) is 47.2 Å². The van der Waals surface area contributed by atoms with Gasteiger partial charge in [0.2, 0.25) is 14.9 Å². The van der Waals surface area contributed by atoms with Crippen molar-refractivity contribution in [1.29, 1.82) is 0 Å². The average Bonchev–Trinajstić information content (AvgIpc) is 2.78. The van der Waals surface area contributed by atoms with Crippen LogP contribution in [0.15, 0.2) is 50.8 Å². The predicted molar refractivity (Wildman–Crippen MR) is 61.0 cm³/mol. The zero-order valence-corrected chi connectivity index (χ0v) is 10.0. The van der Waals surface area contributed by atoms with Gasteiger partial charge >= 0.3 is 0 Å². The van der Waals surface area contributed by atoms with E-state index >= 15 is 0 Å². The van der Waals surface area contributed by atoms with Crippen molar-refractivity contribution in [3.8, 4) is 0 Å². The molecule has 17 heavy (non-hydrogen) atoms. The van der Waals surface area contributed by atoms with E-state index in [-0.39, 0.29) is 15.7 Å². The standard InChI is InChI=1S/C11H7ClO4S/c12-8-1-4-10(5-2-8)17(14,15)11-6-3-9(7-13)16-11/h1-7H. The summed E-state index contributed by atoms with van der Waals surface area (Å²) in [7, 11) is -3.73. The van der Waals surface area contributed by atoms with Crippen LogP contribution in [0.2, 0.25) is 5.02 Å². The Balaban J connectivity index is 2.49. The number of benzene rings is 1. The first-order chi connectivity index (χ1) is 8.04. The third-order valence-electron chi connectivity index (χ3n) is 2.11. The van der Waals surface area contributed by atoms with Crippen LogP contribution in [0.25, 0.3) is 0 Å². The minimum atomic E-state index is -3.73. The number of carbonyl (C=O) groups is 1. The van der Waals surface area contributed by atoms with E-state index < -0.39 is 9.84 Å². The molecule has 0 saturated heterocycles. The second-order valence-corrected chi connectivity index (χ2v) is 5.55. The molecule has 0 unspecified atom stereocenters. The van der Waals surface area contributed by atoms with Gasteiger partial charge < -0.3 is 4.42 Å². The third-order valence-corrected chi connectivity index (χ3v) is 4.00. The molecule has 2 rings (SSSR count). The maximum Gasteiger partial charge on any atom is 0.239 e. The van der Waals surface area contributed by atoms with Gasteiger partial charge in [0.05, 0.1) is 4.90 Å². The summed E-state index contributed by atoms with van der Waals surface area (Å²) in [5, 5.41) is 0.180. The van der Waals surface area contributed by atoms with Gasteiger partial charge in [0.15, 0.2) is 12.0 Å². The topological polar surface area (TPSA) is 64.3 Å². The predicted octanol–water partition coefficient (Wildman–Crippen LogP) is 2.58. The van der Waals surface area contributed by atoms with Crippen molar-refractivity contribution in [3.63, 3.8) is 0 Å². The molecule has 88 valence electrons. The summed E-state index contributed by atoms with van der Waals surface area (Å²) in [5.41, 5.74) is 0. The normalized spacial score (nSPS) is 11.4. The Morgan fingerprint density at radius 1 is 1.06 bits per heavy atom. The van der Waals surface area contributed by atoms with Crippen LogP contribution < -0.4 is 0 Å². The van der Waals surface area contributed by atoms with Gasteiger partial charge in [0.1, 0.15) is 0 Å². The lowest BCUT2D eigenvalue weighted by Gasteiger charge is -2.00. The SMILES string of the molecule is O=Cc1ccc(S(=O)(=O)c2ccc(Cl)cc2)o1. The van der Waals surface area contributed by atoms with Crippen LogP contribution in [0, 0.1) is 0 Å². The monoisotopic (exact) mass is 270 g/mol. The van der Waals surface area contributed by atoms with E-state index in [9.17, 15) is 13.2 Å². The lowest BCUT2D eigenvalue weighted by molar-refractivity contribution is 0.109. The van der Waals surface area contributed by atoms with Crippen LogP contribution in [0.4, 0.5) is 0 Å². The molecule has 0 amide bonds. The number of sulfone groups is 1. The van der Waals surface area contributed by atoms with Gasteiger partial charge in [-0.2, -0.15) is 0 Å². The van der Waals surface area contributed by atoms with E-state index in [0.717, 1.165) is 0 Å². The Morgan fingerprint density at radius 3 is 2.24 bits per heavy atom. The number of hydrogen-bond donors (Lipinski definition) is 0. The van der Waals surface area contributed by atoms with Crippen LogP contribution in [-0.2, 0) is 9.84 Å². The van der Waals surface area contributed by atoms with Crippen LogP contribution in [0.5, 0.6) is 0 Å². The first kappa shape index (κ1) is 11.9. The van der Waals surface area contributed by atoms with Crippen molar-refractivity contribution in [1.82, 2.24) is 0 Å². The van der Waals surface area contributed by atoms with E-state index in [2.05, 4.69) is 0 Å². The van der Waals surface area contributed by atoms with E-state index in [4.69, 9.17) is 16.0 Å². The average molecular weight is 271 g/mol. The van der Waals surface area contributed by atoms with Crippen molar-refractivity contribution in [2.45, 2.75) is 9.99 Å².